The van der Waals surface area contributed by atoms with Crippen LogP contribution in [-0.2, 0) is 5.60 Å². The van der Waals surface area contributed by atoms with Gasteiger partial charge in [-0.25, -0.2) is 0 Å². The summed E-state index contributed by atoms with van der Waals surface area (Å²) >= 11 is 0. The molecular weight excluding hydrogens is 256 g/mol. The Morgan fingerprint density at radius 1 is 0.905 bits per heavy atom. The normalized spacial score (nSPS) is 29.3. The second-order valence-electron chi connectivity index (χ2n) is 6.65. The van der Waals surface area contributed by atoms with Crippen LogP contribution in [0.1, 0.15) is 38.7 Å². The molecule has 2 aromatic rings. The standard InChI is InChI=1S/C20H24O/c1-15-12-13-20(21,16(2)14-15)19-10-8-18(9-11-19)17-6-4-3-5-7-17/h3-11,15-16,21H,12-14H2,1-2H3. The first-order valence-electron chi connectivity index (χ1n) is 7.98. The molecule has 3 unspecified atom stereocenters. The van der Waals surface area contributed by atoms with Crippen LogP contribution in [0.3, 0.4) is 0 Å². The van der Waals surface area contributed by atoms with Gasteiger partial charge in [0, 0.05) is 0 Å². The van der Waals surface area contributed by atoms with Crippen LogP contribution in [0.2, 0.25) is 0 Å². The molecule has 0 heterocycles. The van der Waals surface area contributed by atoms with Gasteiger partial charge in [-0.1, -0.05) is 68.4 Å². The van der Waals surface area contributed by atoms with E-state index < -0.39 is 5.60 Å². The van der Waals surface area contributed by atoms with Gasteiger partial charge in [0.1, 0.15) is 0 Å². The van der Waals surface area contributed by atoms with E-state index in [0.717, 1.165) is 30.7 Å². The van der Waals surface area contributed by atoms with Crippen LogP contribution in [0.4, 0.5) is 0 Å². The maximum absolute atomic E-state index is 11.1. The van der Waals surface area contributed by atoms with E-state index in [0.29, 0.717) is 5.92 Å². The molecule has 3 atom stereocenters. The van der Waals surface area contributed by atoms with Gasteiger partial charge in [-0.05, 0) is 47.8 Å². The van der Waals surface area contributed by atoms with Crippen molar-refractivity contribution < 1.29 is 5.11 Å². The first-order chi connectivity index (χ1) is 10.1. The minimum absolute atomic E-state index is 0.323. The van der Waals surface area contributed by atoms with Gasteiger partial charge in [0.25, 0.3) is 0 Å². The van der Waals surface area contributed by atoms with Crippen molar-refractivity contribution in [2.45, 2.75) is 38.7 Å². The Labute approximate surface area is 127 Å². The summed E-state index contributed by atoms with van der Waals surface area (Å²) in [4.78, 5) is 0. The predicted molar refractivity (Wildman–Crippen MR) is 88.0 cm³/mol. The molecule has 0 aromatic heterocycles. The van der Waals surface area contributed by atoms with E-state index in [1.807, 2.05) is 6.07 Å². The van der Waals surface area contributed by atoms with Crippen molar-refractivity contribution in [3.05, 3.63) is 60.2 Å². The molecule has 0 aliphatic heterocycles. The molecule has 3 rings (SSSR count). The molecule has 1 fully saturated rings. The van der Waals surface area contributed by atoms with Crippen LogP contribution < -0.4 is 0 Å². The lowest BCUT2D eigenvalue weighted by Gasteiger charge is -2.41. The first-order valence-corrected chi connectivity index (χ1v) is 7.98. The molecule has 0 radical (unpaired) electrons. The van der Waals surface area contributed by atoms with Crippen LogP contribution in [0.5, 0.6) is 0 Å². The second-order valence-corrected chi connectivity index (χ2v) is 6.65. The van der Waals surface area contributed by atoms with Crippen molar-refractivity contribution in [1.29, 1.82) is 0 Å². The van der Waals surface area contributed by atoms with Crippen molar-refractivity contribution in [2.75, 3.05) is 0 Å². The third-order valence-corrected chi connectivity index (χ3v) is 5.08. The summed E-state index contributed by atoms with van der Waals surface area (Å²) < 4.78 is 0. The zero-order chi connectivity index (χ0) is 14.9. The number of hydrogen-bond donors (Lipinski definition) is 1. The van der Waals surface area contributed by atoms with Gasteiger partial charge < -0.3 is 5.11 Å². The largest absolute Gasteiger partial charge is 0.385 e. The molecule has 1 N–H and O–H groups in total. The highest BCUT2D eigenvalue weighted by Crippen LogP contribution is 2.43. The quantitative estimate of drug-likeness (QED) is 0.821. The summed E-state index contributed by atoms with van der Waals surface area (Å²) in [5.41, 5.74) is 2.85. The highest BCUT2D eigenvalue weighted by molar-refractivity contribution is 5.63. The van der Waals surface area contributed by atoms with Crippen molar-refractivity contribution in [3.63, 3.8) is 0 Å². The van der Waals surface area contributed by atoms with Gasteiger partial charge in [0.2, 0.25) is 0 Å². The molecule has 0 amide bonds. The lowest BCUT2D eigenvalue weighted by atomic mass is 9.69. The molecule has 1 nitrogen and oxygen atoms in total. The molecule has 1 heteroatoms. The zero-order valence-electron chi connectivity index (χ0n) is 12.9. The maximum Gasteiger partial charge on any atom is 0.0922 e. The molecule has 1 aliphatic rings. The molecule has 0 bridgehead atoms. The Morgan fingerprint density at radius 3 is 2.14 bits per heavy atom. The molecule has 0 saturated heterocycles. The molecular formula is C20H24O. The lowest BCUT2D eigenvalue weighted by Crippen LogP contribution is -2.38. The fourth-order valence-corrected chi connectivity index (χ4v) is 3.64. The fraction of sp³-hybridized carbons (Fsp3) is 0.400. The highest BCUT2D eigenvalue weighted by atomic mass is 16.3. The van der Waals surface area contributed by atoms with Crippen LogP contribution in [0, 0.1) is 11.8 Å². The van der Waals surface area contributed by atoms with E-state index in [1.54, 1.807) is 0 Å². The van der Waals surface area contributed by atoms with Gasteiger partial charge in [-0.2, -0.15) is 0 Å². The topological polar surface area (TPSA) is 20.2 Å². The third-order valence-electron chi connectivity index (χ3n) is 5.08. The summed E-state index contributed by atoms with van der Waals surface area (Å²) in [7, 11) is 0. The number of benzene rings is 2. The number of aliphatic hydroxyl groups is 1. The zero-order valence-corrected chi connectivity index (χ0v) is 12.9. The van der Waals surface area contributed by atoms with Gasteiger partial charge in [0.15, 0.2) is 0 Å². The van der Waals surface area contributed by atoms with E-state index in [9.17, 15) is 5.11 Å². The van der Waals surface area contributed by atoms with Crippen LogP contribution in [-0.4, -0.2) is 5.11 Å². The lowest BCUT2D eigenvalue weighted by molar-refractivity contribution is -0.0587. The van der Waals surface area contributed by atoms with Crippen molar-refractivity contribution in [1.82, 2.24) is 0 Å². The van der Waals surface area contributed by atoms with Crippen LogP contribution in [0.25, 0.3) is 11.1 Å². The molecule has 21 heavy (non-hydrogen) atoms. The fourth-order valence-electron chi connectivity index (χ4n) is 3.64. The monoisotopic (exact) mass is 280 g/mol. The summed E-state index contributed by atoms with van der Waals surface area (Å²) in [6.45, 7) is 4.47. The summed E-state index contributed by atoms with van der Waals surface area (Å²) in [5, 5.41) is 11.1. The smallest absolute Gasteiger partial charge is 0.0922 e. The summed E-state index contributed by atoms with van der Waals surface area (Å²) in [5.74, 6) is 1.05. The molecule has 1 aliphatic carbocycles. The van der Waals surface area contributed by atoms with E-state index in [1.165, 1.54) is 11.1 Å². The van der Waals surface area contributed by atoms with Gasteiger partial charge in [0.05, 0.1) is 5.60 Å². The second kappa shape index (κ2) is 5.65. The minimum Gasteiger partial charge on any atom is -0.385 e. The molecule has 2 aromatic carbocycles. The summed E-state index contributed by atoms with van der Waals surface area (Å²) in [6, 6.07) is 18.9. The molecule has 1 saturated carbocycles. The van der Waals surface area contributed by atoms with Crippen LogP contribution in [0.15, 0.2) is 54.6 Å². The minimum atomic E-state index is -0.651. The Hall–Kier alpha value is -1.60. The van der Waals surface area contributed by atoms with Crippen molar-refractivity contribution >= 4 is 0 Å². The predicted octanol–water partition coefficient (Wildman–Crippen LogP) is 5.00. The number of rotatable bonds is 2. The maximum atomic E-state index is 11.1. The summed E-state index contributed by atoms with van der Waals surface area (Å²) in [6.07, 6.45) is 3.10. The Bertz CT molecular complexity index is 587. The van der Waals surface area contributed by atoms with Crippen LogP contribution >= 0.6 is 0 Å². The molecule has 0 spiro atoms. The SMILES string of the molecule is CC1CCC(O)(c2ccc(-c3ccccc3)cc2)C(C)C1. The first kappa shape index (κ1) is 14.3. The third kappa shape index (κ3) is 2.75. The van der Waals surface area contributed by atoms with E-state index in [2.05, 4.69) is 62.4 Å². The van der Waals surface area contributed by atoms with Gasteiger partial charge in [-0.3, -0.25) is 0 Å². The number of hydrogen-bond acceptors (Lipinski definition) is 1. The highest BCUT2D eigenvalue weighted by Gasteiger charge is 2.39. The van der Waals surface area contributed by atoms with E-state index in [4.69, 9.17) is 0 Å². The molecule has 110 valence electrons. The van der Waals surface area contributed by atoms with Crippen molar-refractivity contribution in [3.8, 4) is 11.1 Å². The Kier molecular flexibility index (Phi) is 3.86. The Balaban J connectivity index is 1.87. The van der Waals surface area contributed by atoms with Crippen molar-refractivity contribution in [2.24, 2.45) is 11.8 Å². The van der Waals surface area contributed by atoms with Gasteiger partial charge >= 0.3 is 0 Å². The average Bonchev–Trinajstić information content (AvgIpc) is 2.52. The average molecular weight is 280 g/mol. The van der Waals surface area contributed by atoms with E-state index in [-0.39, 0.29) is 0 Å². The van der Waals surface area contributed by atoms with Gasteiger partial charge in [-0.15, -0.1) is 0 Å². The van der Waals surface area contributed by atoms with E-state index >= 15 is 0 Å². The Morgan fingerprint density at radius 2 is 1.52 bits per heavy atom.